The van der Waals surface area contributed by atoms with Gasteiger partial charge in [0.25, 0.3) is 0 Å². The third kappa shape index (κ3) is 3.97. The van der Waals surface area contributed by atoms with Gasteiger partial charge in [0.1, 0.15) is 0 Å². The minimum atomic E-state index is -3.59. The molecule has 166 valence electrons. The minimum absolute atomic E-state index is 0.0625. The lowest BCUT2D eigenvalue weighted by atomic mass is 10.0. The Hall–Kier alpha value is -2.94. The van der Waals surface area contributed by atoms with E-state index in [0.717, 1.165) is 47.7 Å². The molecular weight excluding hydrogens is 424 g/mol. The third-order valence-corrected chi connectivity index (χ3v) is 7.82. The molecule has 7 nitrogen and oxygen atoms in total. The first-order valence-corrected chi connectivity index (χ1v) is 12.4. The Morgan fingerprint density at radius 2 is 1.66 bits per heavy atom. The van der Waals surface area contributed by atoms with Crippen molar-refractivity contribution in [1.29, 1.82) is 0 Å². The van der Waals surface area contributed by atoms with E-state index >= 15 is 0 Å². The van der Waals surface area contributed by atoms with Gasteiger partial charge in [-0.3, -0.25) is 4.57 Å². The van der Waals surface area contributed by atoms with Crippen LogP contribution in [0.2, 0.25) is 0 Å². The zero-order valence-electron chi connectivity index (χ0n) is 17.7. The maximum Gasteiger partial charge on any atom is 0.326 e. The lowest BCUT2D eigenvalue weighted by Crippen LogP contribution is -2.41. The topological polar surface area (TPSA) is 87.2 Å². The number of nitrogens with zero attached hydrogens (tertiary/aromatic N) is 2. The number of sulfonamides is 1. The highest BCUT2D eigenvalue weighted by Crippen LogP contribution is 2.25. The van der Waals surface area contributed by atoms with E-state index in [4.69, 9.17) is 0 Å². The molecule has 2 N–H and O–H groups in total. The van der Waals surface area contributed by atoms with Gasteiger partial charge in [-0.1, -0.05) is 48.5 Å². The highest BCUT2D eigenvalue weighted by molar-refractivity contribution is 7.89. The van der Waals surface area contributed by atoms with Gasteiger partial charge in [-0.2, -0.15) is 0 Å². The molecule has 0 atom stereocenters. The Labute approximate surface area is 186 Å². The maximum absolute atomic E-state index is 12.9. The largest absolute Gasteiger partial charge is 0.326 e. The SMILES string of the molecule is O=c1[nH]c2ccccc2n1C1CCN(CCNS(=O)(=O)c2cccc3ccccc23)CC1. The summed E-state index contributed by atoms with van der Waals surface area (Å²) < 4.78 is 30.4. The number of hydrogen-bond donors (Lipinski definition) is 2. The quantitative estimate of drug-likeness (QED) is 0.473. The molecule has 2 heterocycles. The fourth-order valence-electron chi connectivity index (χ4n) is 4.68. The van der Waals surface area contributed by atoms with Crippen LogP contribution in [0.3, 0.4) is 0 Å². The predicted molar refractivity (Wildman–Crippen MR) is 126 cm³/mol. The number of piperidine rings is 1. The Morgan fingerprint density at radius 1 is 0.938 bits per heavy atom. The van der Waals surface area contributed by atoms with Crippen LogP contribution in [0.15, 0.2) is 76.4 Å². The molecule has 1 saturated heterocycles. The van der Waals surface area contributed by atoms with Crippen LogP contribution < -0.4 is 10.4 Å². The first-order valence-electron chi connectivity index (χ1n) is 10.9. The highest BCUT2D eigenvalue weighted by Gasteiger charge is 2.24. The van der Waals surface area contributed by atoms with Crippen LogP contribution in [0.1, 0.15) is 18.9 Å². The molecule has 1 aliphatic heterocycles. The van der Waals surface area contributed by atoms with Crippen LogP contribution in [0.4, 0.5) is 0 Å². The first kappa shape index (κ1) is 20.9. The maximum atomic E-state index is 12.9. The standard InChI is InChI=1S/C24H26N4O3S/c29-24-26-21-9-3-4-10-22(21)28(24)19-12-15-27(16-13-19)17-14-25-32(30,31)23-11-5-7-18-6-1-2-8-20(18)23/h1-11,19,25H,12-17H2,(H,26,29). The molecule has 0 spiro atoms. The number of hydrogen-bond acceptors (Lipinski definition) is 4. The van der Waals surface area contributed by atoms with Gasteiger partial charge in [0.15, 0.2) is 0 Å². The van der Waals surface area contributed by atoms with Crippen LogP contribution in [-0.2, 0) is 10.0 Å². The van der Waals surface area contributed by atoms with Crippen molar-refractivity contribution in [3.05, 3.63) is 77.2 Å². The van der Waals surface area contributed by atoms with E-state index < -0.39 is 10.0 Å². The van der Waals surface area contributed by atoms with Gasteiger partial charge in [0, 0.05) is 37.6 Å². The van der Waals surface area contributed by atoms with Crippen molar-refractivity contribution in [2.45, 2.75) is 23.8 Å². The van der Waals surface area contributed by atoms with Crippen molar-refractivity contribution in [1.82, 2.24) is 19.2 Å². The van der Waals surface area contributed by atoms with E-state index in [0.29, 0.717) is 18.0 Å². The summed E-state index contributed by atoms with van der Waals surface area (Å²) in [6.07, 6.45) is 1.72. The van der Waals surface area contributed by atoms with Crippen molar-refractivity contribution in [2.75, 3.05) is 26.2 Å². The van der Waals surface area contributed by atoms with E-state index in [-0.39, 0.29) is 11.7 Å². The van der Waals surface area contributed by atoms with Gasteiger partial charge < -0.3 is 9.88 Å². The number of fused-ring (bicyclic) bond motifs is 2. The summed E-state index contributed by atoms with van der Waals surface area (Å²) in [6, 6.07) is 20.8. The second-order valence-electron chi connectivity index (χ2n) is 8.27. The zero-order chi connectivity index (χ0) is 22.1. The summed E-state index contributed by atoms with van der Waals surface area (Å²) in [5.41, 5.74) is 1.74. The molecule has 0 unspecified atom stereocenters. The second kappa shape index (κ2) is 8.54. The predicted octanol–water partition coefficient (Wildman–Crippen LogP) is 3.10. The molecule has 0 saturated carbocycles. The number of likely N-dealkylation sites (tertiary alicyclic amines) is 1. The molecule has 1 aliphatic rings. The summed E-state index contributed by atoms with van der Waals surface area (Å²) in [7, 11) is -3.59. The fourth-order valence-corrected chi connectivity index (χ4v) is 5.93. The smallest absolute Gasteiger partial charge is 0.306 e. The summed E-state index contributed by atoms with van der Waals surface area (Å²) >= 11 is 0. The molecule has 0 bridgehead atoms. The Kier molecular flexibility index (Phi) is 5.58. The second-order valence-corrected chi connectivity index (χ2v) is 10.0. The number of imidazole rings is 1. The number of para-hydroxylation sites is 2. The molecule has 0 aliphatic carbocycles. The number of aromatic amines is 1. The van der Waals surface area contributed by atoms with Gasteiger partial charge >= 0.3 is 5.69 Å². The Bertz CT molecular complexity index is 1410. The Balaban J connectivity index is 1.20. The van der Waals surface area contributed by atoms with Crippen molar-refractivity contribution >= 4 is 31.8 Å². The van der Waals surface area contributed by atoms with Crippen molar-refractivity contribution in [3.8, 4) is 0 Å². The minimum Gasteiger partial charge on any atom is -0.306 e. The third-order valence-electron chi connectivity index (χ3n) is 6.31. The van der Waals surface area contributed by atoms with E-state index in [9.17, 15) is 13.2 Å². The summed E-state index contributed by atoms with van der Waals surface area (Å²) in [5, 5.41) is 1.64. The van der Waals surface area contributed by atoms with Gasteiger partial charge in [-0.15, -0.1) is 0 Å². The van der Waals surface area contributed by atoms with Gasteiger partial charge in [0.2, 0.25) is 10.0 Å². The Morgan fingerprint density at radius 3 is 2.50 bits per heavy atom. The average Bonchev–Trinajstić information content (AvgIpc) is 3.15. The van der Waals surface area contributed by atoms with E-state index in [1.807, 2.05) is 59.2 Å². The zero-order valence-corrected chi connectivity index (χ0v) is 18.5. The summed E-state index contributed by atoms with van der Waals surface area (Å²) in [4.78, 5) is 17.9. The van der Waals surface area contributed by atoms with Gasteiger partial charge in [-0.05, 0) is 36.4 Å². The molecule has 3 aromatic carbocycles. The average molecular weight is 451 g/mol. The van der Waals surface area contributed by atoms with Crippen molar-refractivity contribution in [3.63, 3.8) is 0 Å². The van der Waals surface area contributed by atoms with Gasteiger partial charge in [-0.25, -0.2) is 17.9 Å². The summed E-state index contributed by atoms with van der Waals surface area (Å²) in [5.74, 6) is 0. The van der Waals surface area contributed by atoms with Crippen LogP contribution in [0, 0.1) is 0 Å². The monoisotopic (exact) mass is 450 g/mol. The van der Waals surface area contributed by atoms with E-state index in [1.165, 1.54) is 0 Å². The highest BCUT2D eigenvalue weighted by atomic mass is 32.2. The molecule has 32 heavy (non-hydrogen) atoms. The van der Waals surface area contributed by atoms with Crippen molar-refractivity contribution in [2.24, 2.45) is 0 Å². The van der Waals surface area contributed by atoms with Crippen LogP contribution >= 0.6 is 0 Å². The normalized spacial score (nSPS) is 16.1. The molecule has 4 aromatic rings. The lowest BCUT2D eigenvalue weighted by molar-refractivity contribution is 0.190. The molecule has 1 fully saturated rings. The van der Waals surface area contributed by atoms with Crippen LogP contribution in [0.25, 0.3) is 21.8 Å². The van der Waals surface area contributed by atoms with E-state index in [1.54, 1.807) is 12.1 Å². The summed E-state index contributed by atoms with van der Waals surface area (Å²) in [6.45, 7) is 2.64. The molecule has 1 aromatic heterocycles. The molecule has 8 heteroatoms. The number of rotatable bonds is 6. The number of H-pyrrole nitrogens is 1. The van der Waals surface area contributed by atoms with Crippen LogP contribution in [0.5, 0.6) is 0 Å². The fraction of sp³-hybridized carbons (Fsp3) is 0.292. The molecular formula is C24H26N4O3S. The number of nitrogens with one attached hydrogen (secondary N) is 2. The number of benzene rings is 3. The molecule has 0 radical (unpaired) electrons. The van der Waals surface area contributed by atoms with Crippen LogP contribution in [-0.4, -0.2) is 49.0 Å². The first-order chi connectivity index (χ1) is 15.5. The number of aromatic nitrogens is 2. The lowest BCUT2D eigenvalue weighted by Gasteiger charge is -2.32. The van der Waals surface area contributed by atoms with E-state index in [2.05, 4.69) is 14.6 Å². The van der Waals surface area contributed by atoms with Gasteiger partial charge in [0.05, 0.1) is 15.9 Å². The van der Waals surface area contributed by atoms with Crippen molar-refractivity contribution < 1.29 is 8.42 Å². The molecule has 0 amide bonds. The molecule has 5 rings (SSSR count).